The molecule has 2 rings (SSSR count). The summed E-state index contributed by atoms with van der Waals surface area (Å²) in [4.78, 5) is 29.2. The van der Waals surface area contributed by atoms with Crippen LogP contribution in [-0.4, -0.2) is 35.3 Å². The second-order valence-electron chi connectivity index (χ2n) is 9.28. The van der Waals surface area contributed by atoms with Crippen LogP contribution in [0, 0.1) is 11.6 Å². The standard InChI is InChI=1S/C26H30F5NO5/c1-25(2,13-7-11-17-8-4-3-5-9-17)32-16-21(33)19-14-18(15-20(27)23(19)28)10-6-12-22(34)36-37-24(35)26(29,30)31/h3-5,8-9,14-15,21,32-33H,6-7,10-13,16H2,1-2H3/t21-/m1/s1. The van der Waals surface area contributed by atoms with Gasteiger partial charge >= 0.3 is 18.1 Å². The second kappa shape index (κ2) is 13.5. The van der Waals surface area contributed by atoms with Gasteiger partial charge in [-0.3, -0.25) is 0 Å². The zero-order chi connectivity index (χ0) is 27.6. The Balaban J connectivity index is 1.85. The van der Waals surface area contributed by atoms with Gasteiger partial charge in [0, 0.05) is 17.6 Å². The van der Waals surface area contributed by atoms with Crippen LogP contribution < -0.4 is 5.32 Å². The van der Waals surface area contributed by atoms with Gasteiger partial charge < -0.3 is 10.4 Å². The molecule has 2 N–H and O–H groups in total. The van der Waals surface area contributed by atoms with Crippen molar-refractivity contribution in [2.24, 2.45) is 0 Å². The summed E-state index contributed by atoms with van der Waals surface area (Å²) in [5.41, 5.74) is 0.834. The molecular weight excluding hydrogens is 501 g/mol. The minimum absolute atomic E-state index is 0.0182. The highest BCUT2D eigenvalue weighted by Crippen LogP contribution is 2.24. The Kier molecular flexibility index (Phi) is 11.0. The van der Waals surface area contributed by atoms with Gasteiger partial charge in [-0.05, 0) is 63.1 Å². The molecule has 2 aromatic rings. The van der Waals surface area contributed by atoms with Gasteiger partial charge in [-0.1, -0.05) is 36.4 Å². The summed E-state index contributed by atoms with van der Waals surface area (Å²) in [7, 11) is 0. The van der Waals surface area contributed by atoms with Gasteiger partial charge in [-0.15, -0.1) is 0 Å². The van der Waals surface area contributed by atoms with Crippen molar-refractivity contribution >= 4 is 11.9 Å². The quantitative estimate of drug-likeness (QED) is 0.220. The van der Waals surface area contributed by atoms with Crippen LogP contribution in [0.5, 0.6) is 0 Å². The molecule has 2 aromatic carbocycles. The maximum absolute atomic E-state index is 14.4. The van der Waals surface area contributed by atoms with Crippen molar-refractivity contribution in [3.05, 3.63) is 70.8 Å². The Morgan fingerprint density at radius 3 is 2.27 bits per heavy atom. The minimum Gasteiger partial charge on any atom is -0.387 e. The number of aliphatic hydroxyl groups excluding tert-OH is 1. The molecule has 0 radical (unpaired) electrons. The van der Waals surface area contributed by atoms with Gasteiger partial charge in [0.1, 0.15) is 0 Å². The minimum atomic E-state index is -5.31. The molecule has 0 spiro atoms. The summed E-state index contributed by atoms with van der Waals surface area (Å²) >= 11 is 0. The molecule has 0 unspecified atom stereocenters. The lowest BCUT2D eigenvalue weighted by Crippen LogP contribution is -2.41. The van der Waals surface area contributed by atoms with Gasteiger partial charge in [0.2, 0.25) is 0 Å². The van der Waals surface area contributed by atoms with E-state index >= 15 is 0 Å². The van der Waals surface area contributed by atoms with Crippen molar-refractivity contribution < 1.29 is 46.4 Å². The molecule has 1 atom stereocenters. The number of benzene rings is 2. The van der Waals surface area contributed by atoms with Crippen molar-refractivity contribution in [2.45, 2.75) is 70.2 Å². The van der Waals surface area contributed by atoms with Gasteiger partial charge in [-0.2, -0.15) is 13.2 Å². The van der Waals surface area contributed by atoms with Crippen molar-refractivity contribution in [3.8, 4) is 0 Å². The first kappa shape index (κ1) is 30.2. The van der Waals surface area contributed by atoms with Crippen molar-refractivity contribution in [1.82, 2.24) is 5.32 Å². The highest BCUT2D eigenvalue weighted by molar-refractivity contribution is 5.76. The topological polar surface area (TPSA) is 84.9 Å². The maximum atomic E-state index is 14.4. The van der Waals surface area contributed by atoms with Gasteiger partial charge in [0.05, 0.1) is 12.5 Å². The van der Waals surface area contributed by atoms with E-state index in [1.807, 2.05) is 44.2 Å². The SMILES string of the molecule is CC(C)(CCCc1ccccc1)NC[C@@H](O)c1cc(CCCC(=O)OOC(=O)C(F)(F)F)cc(F)c1F. The molecule has 0 fully saturated rings. The molecule has 0 saturated heterocycles. The first-order chi connectivity index (χ1) is 17.3. The zero-order valence-corrected chi connectivity index (χ0v) is 20.5. The van der Waals surface area contributed by atoms with E-state index in [-0.39, 0.29) is 36.1 Å². The van der Waals surface area contributed by atoms with Crippen molar-refractivity contribution in [1.29, 1.82) is 0 Å². The molecule has 37 heavy (non-hydrogen) atoms. The number of carbonyl (C=O) groups excluding carboxylic acids is 2. The van der Waals surface area contributed by atoms with Crippen LogP contribution in [0.25, 0.3) is 0 Å². The predicted molar refractivity (Wildman–Crippen MR) is 124 cm³/mol. The average Bonchev–Trinajstić information content (AvgIpc) is 2.83. The summed E-state index contributed by atoms with van der Waals surface area (Å²) in [5, 5.41) is 13.7. The van der Waals surface area contributed by atoms with E-state index in [0.717, 1.165) is 25.3 Å². The number of hydrogen-bond donors (Lipinski definition) is 2. The van der Waals surface area contributed by atoms with Gasteiger partial charge in [-0.25, -0.2) is 28.1 Å². The molecule has 0 aliphatic heterocycles. The van der Waals surface area contributed by atoms with E-state index in [1.54, 1.807) is 0 Å². The first-order valence-electron chi connectivity index (χ1n) is 11.7. The number of halogens is 5. The van der Waals surface area contributed by atoms with E-state index in [4.69, 9.17) is 0 Å². The van der Waals surface area contributed by atoms with Crippen molar-refractivity contribution in [3.63, 3.8) is 0 Å². The highest BCUT2D eigenvalue weighted by atomic mass is 19.4. The van der Waals surface area contributed by atoms with E-state index in [0.29, 0.717) is 0 Å². The lowest BCUT2D eigenvalue weighted by Gasteiger charge is -2.28. The third-order valence-corrected chi connectivity index (χ3v) is 5.65. The number of aliphatic hydroxyl groups is 1. The fourth-order valence-electron chi connectivity index (χ4n) is 3.62. The molecule has 0 aliphatic carbocycles. The van der Waals surface area contributed by atoms with Crippen LogP contribution in [0.15, 0.2) is 42.5 Å². The third kappa shape index (κ3) is 10.5. The van der Waals surface area contributed by atoms with Crippen LogP contribution in [0.2, 0.25) is 0 Å². The summed E-state index contributed by atoms with van der Waals surface area (Å²) in [6.45, 7) is 3.86. The van der Waals surface area contributed by atoms with Crippen LogP contribution in [0.4, 0.5) is 22.0 Å². The largest absolute Gasteiger partial charge is 0.495 e. The molecule has 0 saturated carbocycles. The summed E-state index contributed by atoms with van der Waals surface area (Å²) in [5.74, 6) is -6.29. The number of rotatable bonds is 12. The van der Waals surface area contributed by atoms with Gasteiger partial charge in [0.25, 0.3) is 0 Å². The normalized spacial score (nSPS) is 12.8. The fraction of sp³-hybridized carbons (Fsp3) is 0.462. The molecule has 11 heteroatoms. The van der Waals surface area contributed by atoms with Crippen molar-refractivity contribution in [2.75, 3.05) is 6.54 Å². The monoisotopic (exact) mass is 531 g/mol. The van der Waals surface area contributed by atoms with Crippen LogP contribution in [0.3, 0.4) is 0 Å². The summed E-state index contributed by atoms with van der Waals surface area (Å²) in [6, 6.07) is 12.1. The Morgan fingerprint density at radius 2 is 1.62 bits per heavy atom. The number of β-amino-alcohol motifs (C(OH)–C–C–N with tert-alkyl or cyclic N) is 1. The lowest BCUT2D eigenvalue weighted by atomic mass is 9.94. The molecule has 204 valence electrons. The Labute approximate surface area is 211 Å². The Morgan fingerprint density at radius 1 is 0.973 bits per heavy atom. The molecule has 0 amide bonds. The third-order valence-electron chi connectivity index (χ3n) is 5.65. The first-order valence-corrected chi connectivity index (χ1v) is 11.7. The Bertz CT molecular complexity index is 1040. The summed E-state index contributed by atoms with van der Waals surface area (Å²) < 4.78 is 64.6. The fourth-order valence-corrected chi connectivity index (χ4v) is 3.62. The highest BCUT2D eigenvalue weighted by Gasteiger charge is 2.43. The molecule has 0 heterocycles. The predicted octanol–water partition coefficient (Wildman–Crippen LogP) is 5.28. The smallest absolute Gasteiger partial charge is 0.387 e. The number of aryl methyl sites for hydroxylation is 2. The molecule has 6 nitrogen and oxygen atoms in total. The maximum Gasteiger partial charge on any atom is 0.495 e. The number of carbonyl (C=O) groups is 2. The van der Waals surface area contributed by atoms with E-state index in [1.165, 1.54) is 11.6 Å². The number of nitrogens with one attached hydrogen (secondary N) is 1. The number of hydrogen-bond acceptors (Lipinski definition) is 6. The van der Waals surface area contributed by atoms with E-state index < -0.39 is 42.3 Å². The van der Waals surface area contributed by atoms with Crippen LogP contribution in [0.1, 0.15) is 62.3 Å². The van der Waals surface area contributed by atoms with E-state index in [2.05, 4.69) is 15.1 Å². The lowest BCUT2D eigenvalue weighted by molar-refractivity contribution is -0.285. The van der Waals surface area contributed by atoms with Crippen LogP contribution in [-0.2, 0) is 32.2 Å². The Hall–Kier alpha value is -3.05. The molecule has 0 aromatic heterocycles. The average molecular weight is 532 g/mol. The molecular formula is C26H30F5NO5. The van der Waals surface area contributed by atoms with Crippen LogP contribution >= 0.6 is 0 Å². The van der Waals surface area contributed by atoms with Gasteiger partial charge in [0.15, 0.2) is 11.6 Å². The second-order valence-corrected chi connectivity index (χ2v) is 9.28. The summed E-state index contributed by atoms with van der Waals surface area (Å²) in [6.07, 6.45) is -4.55. The zero-order valence-electron chi connectivity index (χ0n) is 20.5. The number of alkyl halides is 3. The van der Waals surface area contributed by atoms with E-state index in [9.17, 15) is 36.6 Å². The molecule has 0 bridgehead atoms. The molecule has 0 aliphatic rings.